The lowest BCUT2D eigenvalue weighted by Crippen LogP contribution is -2.49. The van der Waals surface area contributed by atoms with E-state index >= 15 is 0 Å². The summed E-state index contributed by atoms with van der Waals surface area (Å²) in [6.07, 6.45) is 1.69. The SMILES string of the molecule is CCC(C)[C@H](CC(=O)[C@H](Cc1ccc(OP(P)P(P)P)cc1)NC(=O)[C@@H](CC(=O)[C@H](CCCN(C)C(N)=NP(P)P)NC(=O)CN(C)P)C(C)C)C(C)=O. The van der Waals surface area contributed by atoms with Gasteiger partial charge in [-0.3, -0.25) is 28.6 Å². The number of carbonyl (C=O) groups excluding carboxylic acids is 5. The third-order valence-corrected chi connectivity index (χ3v) is 24.4. The van der Waals surface area contributed by atoms with E-state index in [0.717, 1.165) is 12.0 Å². The van der Waals surface area contributed by atoms with Gasteiger partial charge in [0.2, 0.25) is 11.8 Å². The molecule has 0 aliphatic carbocycles. The number of likely N-dealkylation sites (N-methyl/N-ethyl adjacent to an activating group) is 1. The third kappa shape index (κ3) is 20.2. The molecule has 0 spiro atoms. The first-order chi connectivity index (χ1) is 25.2. The molecular weight excluding hydrogens is 855 g/mol. The van der Waals surface area contributed by atoms with Crippen molar-refractivity contribution in [3.8, 4) is 5.75 Å². The van der Waals surface area contributed by atoms with Gasteiger partial charge in [-0.05, 0) is 62.8 Å². The number of ketones is 3. The summed E-state index contributed by atoms with van der Waals surface area (Å²) in [5.74, 6) is -1.72. The van der Waals surface area contributed by atoms with Crippen LogP contribution in [0.2, 0.25) is 0 Å². The lowest BCUT2D eigenvalue weighted by Gasteiger charge is -2.27. The maximum atomic E-state index is 14.1. The fourth-order valence-corrected chi connectivity index (χ4v) is 9.08. The van der Waals surface area contributed by atoms with Crippen LogP contribution in [0.25, 0.3) is 0 Å². The van der Waals surface area contributed by atoms with Gasteiger partial charge in [0.15, 0.2) is 17.5 Å². The molecule has 0 saturated carbocycles. The minimum Gasteiger partial charge on any atom is -0.465 e. The molecule has 0 bridgehead atoms. The van der Waals surface area contributed by atoms with Crippen LogP contribution in [0.1, 0.15) is 72.3 Å². The Morgan fingerprint density at radius 2 is 1.48 bits per heavy atom. The van der Waals surface area contributed by atoms with Crippen LogP contribution in [-0.4, -0.2) is 84.0 Å². The molecular formula is C33H63N6O6P9. The average molecular weight is 919 g/mol. The van der Waals surface area contributed by atoms with Gasteiger partial charge in [-0.1, -0.05) is 100 Å². The molecule has 0 saturated heterocycles. The molecule has 306 valence electrons. The van der Waals surface area contributed by atoms with Crippen molar-refractivity contribution in [3.63, 3.8) is 0 Å². The van der Waals surface area contributed by atoms with Crippen LogP contribution in [0.5, 0.6) is 5.75 Å². The van der Waals surface area contributed by atoms with E-state index in [9.17, 15) is 24.0 Å². The molecule has 1 aromatic carbocycles. The molecule has 0 aromatic heterocycles. The number of rotatable bonds is 25. The Bertz CT molecular complexity index is 1410. The van der Waals surface area contributed by atoms with E-state index in [2.05, 4.69) is 69.4 Å². The Labute approximate surface area is 340 Å². The van der Waals surface area contributed by atoms with Crippen LogP contribution >= 0.6 is 76.0 Å². The fourth-order valence-electron chi connectivity index (χ4n) is 5.60. The lowest BCUT2D eigenvalue weighted by atomic mass is 9.82. The summed E-state index contributed by atoms with van der Waals surface area (Å²) in [5, 5.41) is 5.86. The summed E-state index contributed by atoms with van der Waals surface area (Å²) >= 11 is 0. The maximum Gasteiger partial charge on any atom is 0.235 e. The maximum absolute atomic E-state index is 14.1. The van der Waals surface area contributed by atoms with E-state index in [1.165, 1.54) is 6.92 Å². The molecule has 0 heterocycles. The number of nitrogens with one attached hydrogen (secondary N) is 2. The van der Waals surface area contributed by atoms with E-state index < -0.39 is 51.8 Å². The fraction of sp³-hybridized carbons (Fsp3) is 0.636. The standard InChI is InChI=1S/C33H63N6O6P9/c1-8-21(4)26(22(5)40)18-30(42)28(16-23-11-13-24(14-12-23)45-53(49)54(50)51)36-32(44)25(20(2)3)17-29(41)27(35-31(43)19-39(7)46)10-9-15-38(6)33(34)37-52(47)48/h11-14,20-21,25-28H,8-10,15-19,46-51H2,1-7H3,(H2,34,37)(H,35,43)(H,36,44)/t21?,25-,26-,27-,28-,53?/m0/s1. The van der Waals surface area contributed by atoms with Gasteiger partial charge in [-0.15, -0.1) is 0 Å². The molecule has 12 nitrogen and oxygen atoms in total. The van der Waals surface area contributed by atoms with Crippen LogP contribution in [0.15, 0.2) is 29.0 Å². The van der Waals surface area contributed by atoms with Crippen molar-refractivity contribution < 1.29 is 28.5 Å². The second-order valence-corrected chi connectivity index (χ2v) is 35.3. The van der Waals surface area contributed by atoms with E-state index in [0.29, 0.717) is 31.1 Å². The first-order valence-electron chi connectivity index (χ1n) is 17.7. The molecule has 54 heavy (non-hydrogen) atoms. The van der Waals surface area contributed by atoms with Gasteiger partial charge in [0, 0.05) is 45.3 Å². The number of amides is 2. The number of guanidine groups is 1. The molecule has 1 aromatic rings. The highest BCUT2D eigenvalue weighted by Crippen LogP contribution is 2.82. The van der Waals surface area contributed by atoms with Crippen molar-refractivity contribution in [2.45, 2.75) is 85.2 Å². The van der Waals surface area contributed by atoms with E-state index in [4.69, 9.17) is 10.3 Å². The zero-order valence-corrected chi connectivity index (χ0v) is 42.2. The average Bonchev–Trinajstić information content (AvgIpc) is 3.07. The highest BCUT2D eigenvalue weighted by molar-refractivity contribution is 8.81. The van der Waals surface area contributed by atoms with Gasteiger partial charge in [-0.2, -0.15) is 0 Å². The Morgan fingerprint density at radius 1 is 0.907 bits per heavy atom. The number of nitrogens with zero attached hydrogens (tertiary/aromatic N) is 3. The summed E-state index contributed by atoms with van der Waals surface area (Å²) in [5.41, 5.74) is 6.92. The van der Waals surface area contributed by atoms with Crippen molar-refractivity contribution in [2.75, 3.05) is 27.2 Å². The molecule has 0 aliphatic heterocycles. The third-order valence-electron chi connectivity index (χ3n) is 9.04. The summed E-state index contributed by atoms with van der Waals surface area (Å²) in [7, 11) is 18.0. The smallest absolute Gasteiger partial charge is 0.235 e. The quantitative estimate of drug-likeness (QED) is 0.0538. The Kier molecular flexibility index (Phi) is 26.0. The van der Waals surface area contributed by atoms with Crippen LogP contribution in [0, 0.1) is 23.7 Å². The number of Topliss-reactive ketones (excluding diaryl/α,β-unsaturated/α-hetero) is 3. The van der Waals surface area contributed by atoms with Gasteiger partial charge >= 0.3 is 0 Å². The summed E-state index contributed by atoms with van der Waals surface area (Å²) in [6.45, 7) is 9.32. The second-order valence-electron chi connectivity index (χ2n) is 13.9. The van der Waals surface area contributed by atoms with Crippen molar-refractivity contribution in [1.29, 1.82) is 0 Å². The summed E-state index contributed by atoms with van der Waals surface area (Å²) in [6, 6.07) is 5.71. The summed E-state index contributed by atoms with van der Waals surface area (Å²) < 4.78 is 12.0. The van der Waals surface area contributed by atoms with Crippen molar-refractivity contribution in [1.82, 2.24) is 20.2 Å². The van der Waals surface area contributed by atoms with Gasteiger partial charge in [-0.25, -0.2) is 4.76 Å². The lowest BCUT2D eigenvalue weighted by molar-refractivity contribution is -0.135. The molecule has 21 heteroatoms. The van der Waals surface area contributed by atoms with E-state index in [-0.39, 0.29) is 60.9 Å². The Morgan fingerprint density at radius 3 is 1.98 bits per heavy atom. The van der Waals surface area contributed by atoms with Crippen molar-refractivity contribution in [2.24, 2.45) is 34.2 Å². The highest BCUT2D eigenvalue weighted by Gasteiger charge is 2.34. The molecule has 1 rings (SSSR count). The largest absolute Gasteiger partial charge is 0.465 e. The van der Waals surface area contributed by atoms with Gasteiger partial charge in [0.1, 0.15) is 19.1 Å². The number of carbonyl (C=O) groups is 5. The van der Waals surface area contributed by atoms with Crippen LogP contribution in [0.3, 0.4) is 0 Å². The number of hydrogen-bond acceptors (Lipinski definition) is 8. The first-order valence-corrected chi connectivity index (χ1v) is 30.9. The van der Waals surface area contributed by atoms with Crippen molar-refractivity contribution >= 4 is 111 Å². The van der Waals surface area contributed by atoms with Crippen LogP contribution in [0.4, 0.5) is 0 Å². The zero-order valence-electron chi connectivity index (χ0n) is 32.6. The molecule has 12 atom stereocenters. The van der Waals surface area contributed by atoms with E-state index in [1.54, 1.807) is 16.6 Å². The van der Waals surface area contributed by atoms with Crippen molar-refractivity contribution in [3.05, 3.63) is 29.8 Å². The minimum absolute atomic E-state index is 0.00277. The Balaban J connectivity index is 3.34. The van der Waals surface area contributed by atoms with E-state index in [1.807, 2.05) is 59.0 Å². The molecule has 2 amide bonds. The zero-order chi connectivity index (χ0) is 41.3. The van der Waals surface area contributed by atoms with Gasteiger partial charge < -0.3 is 25.8 Å². The number of nitrogens with two attached hydrogens (primary N) is 1. The molecule has 0 aliphatic rings. The minimum atomic E-state index is -0.919. The van der Waals surface area contributed by atoms with Crippen LogP contribution in [-0.2, 0) is 30.4 Å². The number of hydrogen-bond donors (Lipinski definition) is 3. The highest BCUT2D eigenvalue weighted by atomic mass is 32.8. The van der Waals surface area contributed by atoms with Gasteiger partial charge in [0.25, 0.3) is 0 Å². The molecule has 0 radical (unpaired) electrons. The topological polar surface area (TPSA) is 164 Å². The first kappa shape index (κ1) is 52.1. The normalized spacial score (nSPS) is 15.4. The Hall–Kier alpha value is 0.0700. The van der Waals surface area contributed by atoms with Crippen LogP contribution < -0.4 is 20.9 Å². The summed E-state index contributed by atoms with van der Waals surface area (Å²) in [4.78, 5) is 69.3. The molecule has 4 N–H and O–H groups in total. The number of benzene rings is 1. The monoisotopic (exact) mass is 918 g/mol. The molecule has 0 fully saturated rings. The van der Waals surface area contributed by atoms with Gasteiger partial charge in [0.05, 0.1) is 26.1 Å². The predicted molar refractivity (Wildman–Crippen MR) is 251 cm³/mol. The second kappa shape index (κ2) is 26.9. The predicted octanol–water partition coefficient (Wildman–Crippen LogP) is 6.91. The molecule has 8 unspecified atom stereocenters.